The highest BCUT2D eigenvalue weighted by Gasteiger charge is 1.85. The first-order valence-electron chi connectivity index (χ1n) is 4.78. The second-order valence-corrected chi connectivity index (χ2v) is 3.18. The summed E-state index contributed by atoms with van der Waals surface area (Å²) in [5.74, 6) is 0.501. The molecule has 2 nitrogen and oxygen atoms in total. The predicted octanol–water partition coefficient (Wildman–Crippen LogP) is 3.99. The normalized spacial score (nSPS) is 8.59. The maximum absolute atomic E-state index is 11.7. The lowest BCUT2D eigenvalue weighted by Gasteiger charge is -1.87. The van der Waals surface area contributed by atoms with Gasteiger partial charge in [0.05, 0.1) is 17.3 Å². The Labute approximate surface area is 122 Å². The highest BCUT2D eigenvalue weighted by Crippen LogP contribution is 1.95. The van der Waals surface area contributed by atoms with Gasteiger partial charge in [0, 0.05) is 12.4 Å². The Hall–Kier alpha value is -0.750. The van der Waals surface area contributed by atoms with Gasteiger partial charge in [-0.3, -0.25) is 9.97 Å². The summed E-state index contributed by atoms with van der Waals surface area (Å²) in [6.45, 7) is -0.471. The molecular weight excluding hydrogens is 354 g/mol. The third-order valence-corrected chi connectivity index (χ3v) is 2.00. The summed E-state index contributed by atoms with van der Waals surface area (Å²) < 4.78 is 11.7. The summed E-state index contributed by atoms with van der Waals surface area (Å²) in [6, 6.07) is 10.9. The number of alkyl halides is 2. The number of halogens is 3. The van der Waals surface area contributed by atoms with Gasteiger partial charge in [-0.1, -0.05) is 12.1 Å². The summed E-state index contributed by atoms with van der Waals surface area (Å²) in [7, 11) is 0. The third-order valence-electron chi connectivity index (χ3n) is 1.73. The van der Waals surface area contributed by atoms with E-state index in [4.69, 9.17) is 11.6 Å². The predicted molar refractivity (Wildman–Crippen MR) is 78.3 cm³/mol. The average Bonchev–Trinajstić information content (AvgIpc) is 2.41. The number of rotatable bonds is 2. The number of aromatic nitrogens is 2. The molecule has 0 radical (unpaired) electrons. The first kappa shape index (κ1) is 16.2. The van der Waals surface area contributed by atoms with Crippen LogP contribution in [-0.4, -0.2) is 9.97 Å². The van der Waals surface area contributed by atoms with Crippen LogP contribution in [-0.2, 0) is 12.6 Å². The lowest BCUT2D eigenvalue weighted by Crippen LogP contribution is -1.80. The van der Waals surface area contributed by atoms with E-state index in [0.29, 0.717) is 11.6 Å². The summed E-state index contributed by atoms with van der Waals surface area (Å²) in [4.78, 5) is 7.69. The van der Waals surface area contributed by atoms with Crippen LogP contribution in [0.15, 0.2) is 48.8 Å². The van der Waals surface area contributed by atoms with Crippen molar-refractivity contribution in [2.24, 2.45) is 0 Å². The summed E-state index contributed by atoms with van der Waals surface area (Å²) in [5.41, 5.74) is 1.42. The summed E-state index contributed by atoms with van der Waals surface area (Å²) in [6.07, 6.45) is 3.31. The van der Waals surface area contributed by atoms with Crippen LogP contribution in [0.4, 0.5) is 4.39 Å². The molecule has 0 fully saturated rings. The largest absolute Gasteiger partial charge is 0.260 e. The molecule has 2 aromatic heterocycles. The molecule has 2 aromatic rings. The molecular formula is C12H13ClFIN2. The summed E-state index contributed by atoms with van der Waals surface area (Å²) >= 11 is 5.46. The van der Waals surface area contributed by atoms with Gasteiger partial charge < -0.3 is 0 Å². The monoisotopic (exact) mass is 366 g/mol. The molecule has 0 atom stereocenters. The Bertz CT molecular complexity index is 347. The van der Waals surface area contributed by atoms with E-state index in [0.717, 1.165) is 5.69 Å². The molecule has 0 aromatic carbocycles. The highest BCUT2D eigenvalue weighted by molar-refractivity contribution is 14.0. The molecule has 0 aliphatic heterocycles. The smallest absolute Gasteiger partial charge is 0.131 e. The Morgan fingerprint density at radius 1 is 0.941 bits per heavy atom. The quantitative estimate of drug-likeness (QED) is 0.593. The molecule has 2 rings (SSSR count). The first-order chi connectivity index (χ1) is 7.86. The lowest BCUT2D eigenvalue weighted by atomic mass is 10.4. The van der Waals surface area contributed by atoms with Crippen molar-refractivity contribution in [3.05, 3.63) is 60.2 Å². The Morgan fingerprint density at radius 2 is 1.47 bits per heavy atom. The molecule has 0 aliphatic carbocycles. The third kappa shape index (κ3) is 7.23. The Balaban J connectivity index is 0.000000284. The van der Waals surface area contributed by atoms with Gasteiger partial charge in [-0.2, -0.15) is 0 Å². The van der Waals surface area contributed by atoms with E-state index in [1.54, 1.807) is 30.6 Å². The van der Waals surface area contributed by atoms with Crippen molar-refractivity contribution >= 4 is 35.6 Å². The van der Waals surface area contributed by atoms with Gasteiger partial charge in [-0.15, -0.1) is 35.6 Å². The topological polar surface area (TPSA) is 25.8 Å². The van der Waals surface area contributed by atoms with Gasteiger partial charge in [0.2, 0.25) is 0 Å². The fourth-order valence-corrected chi connectivity index (χ4v) is 1.11. The maximum Gasteiger partial charge on any atom is 0.131 e. The fourth-order valence-electron chi connectivity index (χ4n) is 0.954. The Morgan fingerprint density at radius 3 is 1.71 bits per heavy atom. The first-order valence-corrected chi connectivity index (χ1v) is 5.32. The zero-order chi connectivity index (χ0) is 11.6. The van der Waals surface area contributed by atoms with Gasteiger partial charge in [-0.25, -0.2) is 4.39 Å². The SMILES string of the molecule is ClCc1ccccn1.FCc1ccccn1.I. The van der Waals surface area contributed by atoms with E-state index in [1.807, 2.05) is 18.2 Å². The molecule has 0 saturated heterocycles. The minimum Gasteiger partial charge on any atom is -0.260 e. The van der Waals surface area contributed by atoms with Gasteiger partial charge in [0.1, 0.15) is 6.67 Å². The van der Waals surface area contributed by atoms with Crippen molar-refractivity contribution in [3.63, 3.8) is 0 Å². The molecule has 2 heterocycles. The van der Waals surface area contributed by atoms with Crippen LogP contribution >= 0.6 is 35.6 Å². The van der Waals surface area contributed by atoms with Crippen LogP contribution in [0, 0.1) is 0 Å². The zero-order valence-corrected chi connectivity index (χ0v) is 12.2. The fraction of sp³-hybridized carbons (Fsp3) is 0.167. The van der Waals surface area contributed by atoms with E-state index in [-0.39, 0.29) is 24.0 Å². The molecule has 0 N–H and O–H groups in total. The van der Waals surface area contributed by atoms with Gasteiger partial charge in [-0.05, 0) is 24.3 Å². The van der Waals surface area contributed by atoms with Crippen molar-refractivity contribution < 1.29 is 4.39 Å². The van der Waals surface area contributed by atoms with Crippen LogP contribution in [0.1, 0.15) is 11.4 Å². The molecule has 17 heavy (non-hydrogen) atoms. The molecule has 0 aliphatic rings. The molecule has 0 saturated carbocycles. The van der Waals surface area contributed by atoms with Gasteiger partial charge in [0.25, 0.3) is 0 Å². The molecule has 0 spiro atoms. The number of nitrogens with zero attached hydrogens (tertiary/aromatic N) is 2. The standard InChI is InChI=1S/C6H6ClN.C6H6FN.HI/c2*7-5-6-3-1-2-4-8-6;/h2*1-4H,5H2;1H. The van der Waals surface area contributed by atoms with Gasteiger partial charge in [0.15, 0.2) is 0 Å². The number of hydrogen-bond donors (Lipinski definition) is 0. The minimum atomic E-state index is -0.471. The van der Waals surface area contributed by atoms with Crippen molar-refractivity contribution in [2.75, 3.05) is 0 Å². The van der Waals surface area contributed by atoms with Crippen molar-refractivity contribution in [3.8, 4) is 0 Å². The minimum absolute atomic E-state index is 0. The van der Waals surface area contributed by atoms with Gasteiger partial charge >= 0.3 is 0 Å². The van der Waals surface area contributed by atoms with E-state index in [1.165, 1.54) is 0 Å². The van der Waals surface area contributed by atoms with Crippen molar-refractivity contribution in [2.45, 2.75) is 12.6 Å². The molecule has 0 bridgehead atoms. The van der Waals surface area contributed by atoms with Crippen LogP contribution in [0.3, 0.4) is 0 Å². The second kappa shape index (κ2) is 10.4. The van der Waals surface area contributed by atoms with E-state index < -0.39 is 6.67 Å². The van der Waals surface area contributed by atoms with Crippen molar-refractivity contribution in [1.82, 2.24) is 9.97 Å². The average molecular weight is 367 g/mol. The lowest BCUT2D eigenvalue weighted by molar-refractivity contribution is 0.476. The second-order valence-electron chi connectivity index (χ2n) is 2.91. The van der Waals surface area contributed by atoms with E-state index >= 15 is 0 Å². The van der Waals surface area contributed by atoms with E-state index in [2.05, 4.69) is 9.97 Å². The molecule has 5 heteroatoms. The summed E-state index contributed by atoms with van der Waals surface area (Å²) in [5, 5.41) is 0. The van der Waals surface area contributed by atoms with Crippen LogP contribution in [0.25, 0.3) is 0 Å². The Kier molecular flexibility index (Phi) is 9.95. The van der Waals surface area contributed by atoms with Crippen LogP contribution in [0.5, 0.6) is 0 Å². The number of pyridine rings is 2. The van der Waals surface area contributed by atoms with E-state index in [9.17, 15) is 4.39 Å². The highest BCUT2D eigenvalue weighted by atomic mass is 127. The maximum atomic E-state index is 11.7. The van der Waals surface area contributed by atoms with Crippen LogP contribution in [0.2, 0.25) is 0 Å². The van der Waals surface area contributed by atoms with Crippen LogP contribution < -0.4 is 0 Å². The zero-order valence-electron chi connectivity index (χ0n) is 9.09. The molecule has 0 unspecified atom stereocenters. The van der Waals surface area contributed by atoms with Crippen molar-refractivity contribution in [1.29, 1.82) is 0 Å². The molecule has 92 valence electrons. The molecule has 0 amide bonds. The number of hydrogen-bond acceptors (Lipinski definition) is 2.